The topological polar surface area (TPSA) is 23.5 Å². The zero-order valence-corrected chi connectivity index (χ0v) is 9.34. The van der Waals surface area contributed by atoms with E-state index in [1.807, 2.05) is 0 Å². The smallest absolute Gasteiger partial charge is 0.0642 e. The van der Waals surface area contributed by atoms with Crippen LogP contribution >= 0.6 is 0 Å². The summed E-state index contributed by atoms with van der Waals surface area (Å²) in [7, 11) is 0. The van der Waals surface area contributed by atoms with Crippen molar-refractivity contribution in [1.29, 1.82) is 0 Å². The molecule has 2 heteroatoms. The van der Waals surface area contributed by atoms with Gasteiger partial charge in [0.25, 0.3) is 0 Å². The third kappa shape index (κ3) is 4.25. The van der Waals surface area contributed by atoms with E-state index in [1.54, 1.807) is 0 Å². The van der Waals surface area contributed by atoms with E-state index >= 15 is 0 Å². The average Bonchev–Trinajstić information content (AvgIpc) is 2.25. The maximum atomic E-state index is 8.94. The van der Waals surface area contributed by atoms with Gasteiger partial charge < -0.3 is 5.11 Å². The standard InChI is InChI=1S/C12H23NO/c1-2-3-4-5-8-13-9-6-12(11-14)7-10-13/h6,14H,2-5,7-11H2,1H3. The largest absolute Gasteiger partial charge is 0.392 e. The van der Waals surface area contributed by atoms with Crippen molar-refractivity contribution in [3.63, 3.8) is 0 Å². The minimum Gasteiger partial charge on any atom is -0.392 e. The Hall–Kier alpha value is -0.340. The van der Waals surface area contributed by atoms with Gasteiger partial charge in [0, 0.05) is 13.1 Å². The molecule has 0 unspecified atom stereocenters. The fourth-order valence-electron chi connectivity index (χ4n) is 1.86. The number of nitrogens with zero attached hydrogens (tertiary/aromatic N) is 1. The molecular weight excluding hydrogens is 174 g/mol. The zero-order valence-electron chi connectivity index (χ0n) is 9.34. The van der Waals surface area contributed by atoms with Crippen LogP contribution in [0.4, 0.5) is 0 Å². The molecule has 0 radical (unpaired) electrons. The van der Waals surface area contributed by atoms with Gasteiger partial charge in [-0.25, -0.2) is 0 Å². The molecule has 0 saturated carbocycles. The Bertz CT molecular complexity index is 177. The van der Waals surface area contributed by atoms with Gasteiger partial charge in [-0.05, 0) is 25.0 Å². The summed E-state index contributed by atoms with van der Waals surface area (Å²) in [5, 5.41) is 8.94. The Kier molecular flexibility index (Phi) is 5.88. The number of unbranched alkanes of at least 4 members (excludes halogenated alkanes) is 3. The first-order valence-corrected chi connectivity index (χ1v) is 5.88. The molecule has 0 aliphatic carbocycles. The minimum atomic E-state index is 0.254. The summed E-state index contributed by atoms with van der Waals surface area (Å²) >= 11 is 0. The predicted molar refractivity (Wildman–Crippen MR) is 60.4 cm³/mol. The maximum Gasteiger partial charge on any atom is 0.0642 e. The molecule has 0 fully saturated rings. The molecule has 2 nitrogen and oxygen atoms in total. The molecule has 14 heavy (non-hydrogen) atoms. The summed E-state index contributed by atoms with van der Waals surface area (Å²) in [4.78, 5) is 2.48. The summed E-state index contributed by atoms with van der Waals surface area (Å²) in [5.41, 5.74) is 1.22. The monoisotopic (exact) mass is 197 g/mol. The molecule has 0 aromatic heterocycles. The van der Waals surface area contributed by atoms with Crippen LogP contribution in [0.2, 0.25) is 0 Å². The number of rotatable bonds is 6. The van der Waals surface area contributed by atoms with Crippen LogP contribution in [-0.4, -0.2) is 36.2 Å². The van der Waals surface area contributed by atoms with Gasteiger partial charge in [0.1, 0.15) is 0 Å². The molecule has 1 aliphatic heterocycles. The summed E-state index contributed by atoms with van der Waals surface area (Å²) < 4.78 is 0. The van der Waals surface area contributed by atoms with E-state index in [0.717, 1.165) is 19.5 Å². The van der Waals surface area contributed by atoms with Crippen LogP contribution in [0.3, 0.4) is 0 Å². The molecule has 0 aromatic rings. The molecular formula is C12H23NO. The highest BCUT2D eigenvalue weighted by molar-refractivity contribution is 5.07. The number of hydrogen-bond donors (Lipinski definition) is 1. The summed E-state index contributed by atoms with van der Waals surface area (Å²) in [6, 6.07) is 0. The first kappa shape index (κ1) is 11.7. The van der Waals surface area contributed by atoms with Crippen LogP contribution in [0, 0.1) is 0 Å². The molecule has 82 valence electrons. The fourth-order valence-corrected chi connectivity index (χ4v) is 1.86. The molecule has 0 aromatic carbocycles. The van der Waals surface area contributed by atoms with Gasteiger partial charge in [0.05, 0.1) is 6.61 Å². The van der Waals surface area contributed by atoms with Gasteiger partial charge in [-0.2, -0.15) is 0 Å². The van der Waals surface area contributed by atoms with E-state index in [0.29, 0.717) is 0 Å². The third-order valence-electron chi connectivity index (χ3n) is 2.92. The summed E-state index contributed by atoms with van der Waals surface area (Å²) in [6.07, 6.45) is 8.62. The van der Waals surface area contributed by atoms with E-state index in [9.17, 15) is 0 Å². The van der Waals surface area contributed by atoms with Crippen molar-refractivity contribution in [2.75, 3.05) is 26.2 Å². The molecule has 0 saturated heterocycles. The summed E-state index contributed by atoms with van der Waals surface area (Å²) in [5.74, 6) is 0. The molecule has 0 spiro atoms. The Morgan fingerprint density at radius 2 is 2.21 bits per heavy atom. The lowest BCUT2D eigenvalue weighted by atomic mass is 10.1. The van der Waals surface area contributed by atoms with Crippen LogP contribution in [0.1, 0.15) is 39.0 Å². The second kappa shape index (κ2) is 7.02. The van der Waals surface area contributed by atoms with E-state index in [4.69, 9.17) is 5.11 Å². The molecule has 1 N–H and O–H groups in total. The second-order valence-electron chi connectivity index (χ2n) is 4.13. The lowest BCUT2D eigenvalue weighted by Crippen LogP contribution is -2.30. The Morgan fingerprint density at radius 3 is 2.79 bits per heavy atom. The normalized spacial score (nSPS) is 18.3. The predicted octanol–water partition coefficient (Wildman–Crippen LogP) is 2.19. The van der Waals surface area contributed by atoms with Crippen molar-refractivity contribution in [1.82, 2.24) is 4.90 Å². The van der Waals surface area contributed by atoms with E-state index in [1.165, 1.54) is 37.8 Å². The van der Waals surface area contributed by atoms with Crippen LogP contribution in [-0.2, 0) is 0 Å². The van der Waals surface area contributed by atoms with Crippen molar-refractivity contribution in [3.05, 3.63) is 11.6 Å². The molecule has 0 amide bonds. The van der Waals surface area contributed by atoms with E-state index in [2.05, 4.69) is 17.9 Å². The molecule has 0 atom stereocenters. The van der Waals surface area contributed by atoms with Crippen molar-refractivity contribution in [3.8, 4) is 0 Å². The number of hydrogen-bond acceptors (Lipinski definition) is 2. The Morgan fingerprint density at radius 1 is 1.36 bits per heavy atom. The second-order valence-corrected chi connectivity index (χ2v) is 4.13. The first-order valence-electron chi connectivity index (χ1n) is 5.88. The Balaban J connectivity index is 2.07. The van der Waals surface area contributed by atoms with Gasteiger partial charge >= 0.3 is 0 Å². The highest BCUT2D eigenvalue weighted by Gasteiger charge is 2.09. The van der Waals surface area contributed by atoms with Gasteiger partial charge in [-0.3, -0.25) is 4.90 Å². The Labute approximate surface area is 87.6 Å². The maximum absolute atomic E-state index is 8.94. The minimum absolute atomic E-state index is 0.254. The number of aliphatic hydroxyl groups excluding tert-OH is 1. The molecule has 1 heterocycles. The lowest BCUT2D eigenvalue weighted by Gasteiger charge is -2.25. The summed E-state index contributed by atoms with van der Waals surface area (Å²) in [6.45, 7) is 5.91. The fraction of sp³-hybridized carbons (Fsp3) is 0.833. The van der Waals surface area contributed by atoms with Crippen molar-refractivity contribution >= 4 is 0 Å². The quantitative estimate of drug-likeness (QED) is 0.521. The van der Waals surface area contributed by atoms with Crippen molar-refractivity contribution in [2.24, 2.45) is 0 Å². The molecule has 1 rings (SSSR count). The average molecular weight is 197 g/mol. The van der Waals surface area contributed by atoms with Crippen LogP contribution in [0.15, 0.2) is 11.6 Å². The van der Waals surface area contributed by atoms with Crippen LogP contribution < -0.4 is 0 Å². The zero-order chi connectivity index (χ0) is 10.2. The van der Waals surface area contributed by atoms with Crippen LogP contribution in [0.25, 0.3) is 0 Å². The van der Waals surface area contributed by atoms with Crippen molar-refractivity contribution < 1.29 is 5.11 Å². The number of aliphatic hydroxyl groups is 1. The van der Waals surface area contributed by atoms with Crippen molar-refractivity contribution in [2.45, 2.75) is 39.0 Å². The third-order valence-corrected chi connectivity index (χ3v) is 2.92. The van der Waals surface area contributed by atoms with Gasteiger partial charge in [-0.15, -0.1) is 0 Å². The SMILES string of the molecule is CCCCCCN1CC=C(CO)CC1. The van der Waals surface area contributed by atoms with Gasteiger partial charge in [0.15, 0.2) is 0 Å². The van der Waals surface area contributed by atoms with Gasteiger partial charge in [0.2, 0.25) is 0 Å². The molecule has 1 aliphatic rings. The van der Waals surface area contributed by atoms with E-state index in [-0.39, 0.29) is 6.61 Å². The van der Waals surface area contributed by atoms with Gasteiger partial charge in [-0.1, -0.05) is 32.3 Å². The highest BCUT2D eigenvalue weighted by atomic mass is 16.3. The first-order chi connectivity index (χ1) is 6.86. The molecule has 0 bridgehead atoms. The van der Waals surface area contributed by atoms with Crippen LogP contribution in [0.5, 0.6) is 0 Å². The lowest BCUT2D eigenvalue weighted by molar-refractivity contribution is 0.266. The highest BCUT2D eigenvalue weighted by Crippen LogP contribution is 2.11. The van der Waals surface area contributed by atoms with E-state index < -0.39 is 0 Å².